The van der Waals surface area contributed by atoms with E-state index in [-0.39, 0.29) is 0 Å². The number of sulfonamides is 1. The van der Waals surface area contributed by atoms with E-state index in [2.05, 4.69) is 32.1 Å². The Labute approximate surface area is 207 Å². The SMILES string of the molecule is CS(=O)(=O)N1CCN(Cc2cc3nc(-c4ccc5[nH]ncc5c4)nc(N4CCOCC4)c3s2)CC1. The van der Waals surface area contributed by atoms with E-state index < -0.39 is 10.0 Å². The summed E-state index contributed by atoms with van der Waals surface area (Å²) in [5.41, 5.74) is 2.88. The number of nitrogens with zero attached hydrogens (tertiary/aromatic N) is 6. The first kappa shape index (κ1) is 22.8. The Morgan fingerprint density at radius 3 is 2.63 bits per heavy atom. The Hall–Kier alpha value is -2.64. The van der Waals surface area contributed by atoms with Crippen molar-refractivity contribution >= 4 is 48.3 Å². The van der Waals surface area contributed by atoms with E-state index in [1.807, 2.05) is 18.3 Å². The average Bonchev–Trinajstić information content (AvgIpc) is 3.49. The first-order valence-corrected chi connectivity index (χ1v) is 14.3. The fourth-order valence-corrected chi connectivity index (χ4v) is 6.66. The number of hydrogen-bond acceptors (Lipinski definition) is 9. The molecule has 2 aliphatic rings. The maximum Gasteiger partial charge on any atom is 0.211 e. The highest BCUT2D eigenvalue weighted by molar-refractivity contribution is 7.88. The van der Waals surface area contributed by atoms with Crippen LogP contribution in [0, 0.1) is 0 Å². The van der Waals surface area contributed by atoms with Crippen molar-refractivity contribution in [3.63, 3.8) is 0 Å². The van der Waals surface area contributed by atoms with Crippen molar-refractivity contribution in [3.8, 4) is 11.4 Å². The molecule has 0 bridgehead atoms. The molecule has 2 aliphatic heterocycles. The maximum atomic E-state index is 11.8. The van der Waals surface area contributed by atoms with Crippen molar-refractivity contribution in [2.24, 2.45) is 0 Å². The summed E-state index contributed by atoms with van der Waals surface area (Å²) in [7, 11) is -3.13. The van der Waals surface area contributed by atoms with Crippen LogP contribution in [0.4, 0.5) is 5.82 Å². The molecule has 2 saturated heterocycles. The summed E-state index contributed by atoms with van der Waals surface area (Å²) in [6.07, 6.45) is 3.09. The monoisotopic (exact) mass is 513 g/mol. The van der Waals surface area contributed by atoms with Gasteiger partial charge in [0, 0.05) is 61.6 Å². The summed E-state index contributed by atoms with van der Waals surface area (Å²) in [6, 6.07) is 8.26. The van der Waals surface area contributed by atoms with E-state index in [4.69, 9.17) is 14.7 Å². The van der Waals surface area contributed by atoms with Gasteiger partial charge < -0.3 is 9.64 Å². The van der Waals surface area contributed by atoms with Crippen LogP contribution in [0.25, 0.3) is 32.5 Å². The first-order valence-electron chi connectivity index (χ1n) is 11.7. The number of thiophene rings is 1. The number of aromatic nitrogens is 4. The molecule has 0 aliphatic carbocycles. The van der Waals surface area contributed by atoms with E-state index in [1.54, 1.807) is 15.6 Å². The predicted octanol–water partition coefficient (Wildman–Crippen LogP) is 2.15. The van der Waals surface area contributed by atoms with E-state index in [0.717, 1.165) is 65.2 Å². The van der Waals surface area contributed by atoms with Crippen LogP contribution in [0.1, 0.15) is 4.88 Å². The van der Waals surface area contributed by atoms with Gasteiger partial charge in [-0.25, -0.2) is 18.4 Å². The molecule has 5 heterocycles. The van der Waals surface area contributed by atoms with Crippen LogP contribution in [0.15, 0.2) is 30.5 Å². The minimum absolute atomic E-state index is 0.531. The van der Waals surface area contributed by atoms with Crippen LogP contribution in [-0.2, 0) is 21.3 Å². The molecule has 0 atom stereocenters. The van der Waals surface area contributed by atoms with Crippen LogP contribution in [0.2, 0.25) is 0 Å². The third kappa shape index (κ3) is 4.64. The zero-order valence-corrected chi connectivity index (χ0v) is 21.1. The molecule has 0 saturated carbocycles. The van der Waals surface area contributed by atoms with Crippen molar-refractivity contribution in [1.82, 2.24) is 29.4 Å². The van der Waals surface area contributed by atoms with Crippen LogP contribution in [0.5, 0.6) is 0 Å². The molecule has 1 aromatic carbocycles. The van der Waals surface area contributed by atoms with Crippen LogP contribution >= 0.6 is 11.3 Å². The quantitative estimate of drug-likeness (QED) is 0.433. The summed E-state index contributed by atoms with van der Waals surface area (Å²) < 4.78 is 31.9. The van der Waals surface area contributed by atoms with Gasteiger partial charge in [-0.2, -0.15) is 9.40 Å². The Kier molecular flexibility index (Phi) is 5.93. The lowest BCUT2D eigenvalue weighted by molar-refractivity contribution is 0.122. The Morgan fingerprint density at radius 2 is 1.86 bits per heavy atom. The Balaban J connectivity index is 1.33. The number of hydrogen-bond donors (Lipinski definition) is 1. The van der Waals surface area contributed by atoms with Crippen LogP contribution in [-0.4, -0.2) is 96.5 Å². The van der Waals surface area contributed by atoms with Gasteiger partial charge in [-0.15, -0.1) is 11.3 Å². The molecule has 12 heteroatoms. The van der Waals surface area contributed by atoms with E-state index >= 15 is 0 Å². The summed E-state index contributed by atoms with van der Waals surface area (Å²) in [5.74, 6) is 1.66. The van der Waals surface area contributed by atoms with Gasteiger partial charge in [-0.1, -0.05) is 0 Å². The molecule has 1 N–H and O–H groups in total. The first-order chi connectivity index (χ1) is 16.9. The van der Waals surface area contributed by atoms with Crippen molar-refractivity contribution in [3.05, 3.63) is 35.3 Å². The van der Waals surface area contributed by atoms with Crippen molar-refractivity contribution in [1.29, 1.82) is 0 Å². The highest BCUT2D eigenvalue weighted by Crippen LogP contribution is 2.35. The lowest BCUT2D eigenvalue weighted by Gasteiger charge is -2.32. The topological polar surface area (TPSA) is 108 Å². The average molecular weight is 514 g/mol. The Bertz CT molecular complexity index is 1470. The molecule has 6 rings (SSSR count). The highest BCUT2D eigenvalue weighted by atomic mass is 32.2. The van der Waals surface area contributed by atoms with Crippen LogP contribution < -0.4 is 4.90 Å². The molecular formula is C23H27N7O3S2. The molecule has 10 nitrogen and oxygen atoms in total. The third-order valence-corrected chi connectivity index (χ3v) is 9.00. The predicted molar refractivity (Wildman–Crippen MR) is 137 cm³/mol. The number of ether oxygens (including phenoxy) is 1. The van der Waals surface area contributed by atoms with Gasteiger partial charge in [-0.3, -0.25) is 10.00 Å². The summed E-state index contributed by atoms with van der Waals surface area (Å²) in [6.45, 7) is 6.25. The summed E-state index contributed by atoms with van der Waals surface area (Å²) in [4.78, 5) is 15.8. The van der Waals surface area contributed by atoms with Crippen molar-refractivity contribution in [2.75, 3.05) is 63.6 Å². The molecule has 35 heavy (non-hydrogen) atoms. The molecule has 4 aromatic rings. The normalized spacial score (nSPS) is 18.6. The third-order valence-electron chi connectivity index (χ3n) is 6.59. The van der Waals surface area contributed by atoms with Crippen molar-refractivity contribution in [2.45, 2.75) is 6.54 Å². The number of rotatable bonds is 5. The number of H-pyrrole nitrogens is 1. The second-order valence-corrected chi connectivity index (χ2v) is 12.1. The lowest BCUT2D eigenvalue weighted by atomic mass is 10.1. The smallest absolute Gasteiger partial charge is 0.211 e. The minimum Gasteiger partial charge on any atom is -0.378 e. The molecular weight excluding hydrogens is 486 g/mol. The number of nitrogens with one attached hydrogen (secondary N) is 1. The van der Waals surface area contributed by atoms with Gasteiger partial charge in [0.2, 0.25) is 10.0 Å². The van der Waals surface area contributed by atoms with Gasteiger partial charge in [0.05, 0.1) is 41.4 Å². The number of anilines is 1. The maximum absolute atomic E-state index is 11.8. The van der Waals surface area contributed by atoms with Gasteiger partial charge in [0.25, 0.3) is 0 Å². The second kappa shape index (κ2) is 9.10. The lowest BCUT2D eigenvalue weighted by Crippen LogP contribution is -2.47. The molecule has 3 aromatic heterocycles. The van der Waals surface area contributed by atoms with Gasteiger partial charge in [0.15, 0.2) is 11.6 Å². The second-order valence-electron chi connectivity index (χ2n) is 9.01. The minimum atomic E-state index is -3.13. The number of fused-ring (bicyclic) bond motifs is 2. The fraction of sp³-hybridized carbons (Fsp3) is 0.435. The molecule has 0 amide bonds. The Morgan fingerprint density at radius 1 is 1.06 bits per heavy atom. The van der Waals surface area contributed by atoms with Gasteiger partial charge >= 0.3 is 0 Å². The van der Waals surface area contributed by atoms with E-state index in [0.29, 0.717) is 32.1 Å². The van der Waals surface area contributed by atoms with Gasteiger partial charge in [-0.05, 0) is 24.3 Å². The van der Waals surface area contributed by atoms with Crippen LogP contribution in [0.3, 0.4) is 0 Å². The molecule has 0 unspecified atom stereocenters. The largest absolute Gasteiger partial charge is 0.378 e. The number of benzene rings is 1. The summed E-state index contributed by atoms with van der Waals surface area (Å²) in [5, 5.41) is 8.14. The highest BCUT2D eigenvalue weighted by Gasteiger charge is 2.25. The molecule has 184 valence electrons. The van der Waals surface area contributed by atoms with E-state index in [9.17, 15) is 8.42 Å². The standard InChI is InChI=1S/C23H27N7O3S2/c1-35(31,32)30-6-4-28(5-7-30)15-18-13-20-21(34-18)23(29-8-10-33-11-9-29)26-22(25-20)16-2-3-19-17(12-16)14-24-27-19/h2-3,12-14H,4-11,15H2,1H3,(H,24,27). The van der Waals surface area contributed by atoms with Gasteiger partial charge in [0.1, 0.15) is 0 Å². The molecule has 2 fully saturated rings. The fourth-order valence-electron chi connectivity index (χ4n) is 4.68. The number of morpholine rings is 1. The zero-order valence-electron chi connectivity index (χ0n) is 19.5. The summed E-state index contributed by atoms with van der Waals surface area (Å²) >= 11 is 1.73. The zero-order chi connectivity index (χ0) is 24.0. The number of aromatic amines is 1. The van der Waals surface area contributed by atoms with Crippen molar-refractivity contribution < 1.29 is 13.2 Å². The molecule has 0 spiro atoms. The molecule has 0 radical (unpaired) electrons. The number of piperazine rings is 1. The van der Waals surface area contributed by atoms with E-state index in [1.165, 1.54) is 11.1 Å².